The van der Waals surface area contributed by atoms with Crippen LogP contribution in [0.2, 0.25) is 0 Å². The smallest absolute Gasteiger partial charge is 0.0950 e. The van der Waals surface area contributed by atoms with E-state index in [1.807, 2.05) is 6.07 Å². The lowest BCUT2D eigenvalue weighted by Crippen LogP contribution is -2.39. The fourth-order valence-corrected chi connectivity index (χ4v) is 3.42. The van der Waals surface area contributed by atoms with Crippen molar-refractivity contribution < 1.29 is 9.84 Å². The standard InChI is InChI=1S/C16H23NO2/c1-17(11-12-6-8-19-9-7-12)15-10-13-4-2-3-5-14(13)16(15)18/h2-5,12,15-16,18H,6-11H2,1H3. The molecule has 0 amide bonds. The van der Waals surface area contributed by atoms with Crippen LogP contribution in [0.1, 0.15) is 30.1 Å². The van der Waals surface area contributed by atoms with E-state index in [0.29, 0.717) is 0 Å². The van der Waals surface area contributed by atoms with Crippen molar-refractivity contribution in [1.29, 1.82) is 0 Å². The number of aliphatic hydroxyl groups is 1. The lowest BCUT2D eigenvalue weighted by atomic mass is 9.98. The maximum atomic E-state index is 10.5. The summed E-state index contributed by atoms with van der Waals surface area (Å²) < 4.78 is 5.41. The van der Waals surface area contributed by atoms with Crippen molar-refractivity contribution in [3.8, 4) is 0 Å². The largest absolute Gasteiger partial charge is 0.387 e. The van der Waals surface area contributed by atoms with E-state index in [9.17, 15) is 5.11 Å². The normalized spacial score (nSPS) is 27.7. The number of rotatable bonds is 3. The molecule has 3 heteroatoms. The Morgan fingerprint density at radius 2 is 2.00 bits per heavy atom. The molecule has 1 fully saturated rings. The van der Waals surface area contributed by atoms with Gasteiger partial charge in [-0.15, -0.1) is 0 Å². The molecule has 104 valence electrons. The van der Waals surface area contributed by atoms with Crippen molar-refractivity contribution >= 4 is 0 Å². The molecule has 0 aromatic heterocycles. The van der Waals surface area contributed by atoms with Crippen molar-refractivity contribution in [1.82, 2.24) is 4.90 Å². The number of fused-ring (bicyclic) bond motifs is 1. The lowest BCUT2D eigenvalue weighted by Gasteiger charge is -2.32. The molecule has 3 nitrogen and oxygen atoms in total. The monoisotopic (exact) mass is 261 g/mol. The molecule has 1 heterocycles. The molecule has 0 bridgehead atoms. The summed E-state index contributed by atoms with van der Waals surface area (Å²) in [5.74, 6) is 0.717. The molecule has 2 aliphatic rings. The van der Waals surface area contributed by atoms with E-state index in [1.54, 1.807) is 0 Å². The van der Waals surface area contributed by atoms with Gasteiger partial charge in [-0.1, -0.05) is 24.3 Å². The first-order chi connectivity index (χ1) is 9.25. The fraction of sp³-hybridized carbons (Fsp3) is 0.625. The molecule has 1 aromatic carbocycles. The van der Waals surface area contributed by atoms with Gasteiger partial charge in [0.25, 0.3) is 0 Å². The molecule has 2 unspecified atom stereocenters. The SMILES string of the molecule is CN(CC1CCOCC1)C1Cc2ccccc2C1O. The third kappa shape index (κ3) is 2.69. The maximum Gasteiger partial charge on any atom is 0.0950 e. The van der Waals surface area contributed by atoms with Crippen LogP contribution < -0.4 is 0 Å². The second-order valence-electron chi connectivity index (χ2n) is 5.91. The van der Waals surface area contributed by atoms with Gasteiger partial charge in [0, 0.05) is 25.8 Å². The summed E-state index contributed by atoms with van der Waals surface area (Å²) >= 11 is 0. The maximum absolute atomic E-state index is 10.5. The van der Waals surface area contributed by atoms with E-state index in [0.717, 1.165) is 50.5 Å². The Bertz CT molecular complexity index is 429. The number of ether oxygens (including phenoxy) is 1. The molecule has 19 heavy (non-hydrogen) atoms. The Morgan fingerprint density at radius 1 is 1.26 bits per heavy atom. The van der Waals surface area contributed by atoms with Crippen LogP contribution in [0.5, 0.6) is 0 Å². The zero-order valence-corrected chi connectivity index (χ0v) is 11.6. The van der Waals surface area contributed by atoms with E-state index in [-0.39, 0.29) is 12.1 Å². The lowest BCUT2D eigenvalue weighted by molar-refractivity contribution is 0.0300. The van der Waals surface area contributed by atoms with Crippen LogP contribution >= 0.6 is 0 Å². The zero-order valence-electron chi connectivity index (χ0n) is 11.6. The quantitative estimate of drug-likeness (QED) is 0.903. The van der Waals surface area contributed by atoms with Crippen molar-refractivity contribution in [2.75, 3.05) is 26.8 Å². The van der Waals surface area contributed by atoms with Gasteiger partial charge in [-0.05, 0) is 43.4 Å². The van der Waals surface area contributed by atoms with Crippen LogP contribution in [0.15, 0.2) is 24.3 Å². The number of aliphatic hydroxyl groups excluding tert-OH is 1. The Balaban J connectivity index is 1.64. The van der Waals surface area contributed by atoms with Gasteiger partial charge in [-0.2, -0.15) is 0 Å². The fourth-order valence-electron chi connectivity index (χ4n) is 3.42. The molecule has 1 aliphatic heterocycles. The first-order valence-corrected chi connectivity index (χ1v) is 7.29. The number of benzene rings is 1. The van der Waals surface area contributed by atoms with Gasteiger partial charge in [0.1, 0.15) is 0 Å². The summed E-state index contributed by atoms with van der Waals surface area (Å²) in [6.45, 7) is 2.86. The van der Waals surface area contributed by atoms with E-state index in [4.69, 9.17) is 4.74 Å². The van der Waals surface area contributed by atoms with Gasteiger partial charge in [0.05, 0.1) is 6.10 Å². The molecule has 1 aliphatic carbocycles. The molecule has 1 N–H and O–H groups in total. The van der Waals surface area contributed by atoms with Crippen molar-refractivity contribution in [2.45, 2.75) is 31.4 Å². The number of hydrogen-bond donors (Lipinski definition) is 1. The Hall–Kier alpha value is -0.900. The van der Waals surface area contributed by atoms with E-state index in [1.165, 1.54) is 5.56 Å². The molecule has 2 atom stereocenters. The van der Waals surface area contributed by atoms with Crippen LogP contribution in [0.4, 0.5) is 0 Å². The highest BCUT2D eigenvalue weighted by molar-refractivity contribution is 5.35. The molecule has 3 rings (SSSR count). The molecule has 0 saturated carbocycles. The third-order valence-corrected chi connectivity index (χ3v) is 4.62. The van der Waals surface area contributed by atoms with Crippen LogP contribution in [0.25, 0.3) is 0 Å². The molecule has 1 aromatic rings. The first-order valence-electron chi connectivity index (χ1n) is 7.29. The number of hydrogen-bond acceptors (Lipinski definition) is 3. The average Bonchev–Trinajstić information content (AvgIpc) is 2.78. The van der Waals surface area contributed by atoms with Crippen molar-refractivity contribution in [3.05, 3.63) is 35.4 Å². The molecular weight excluding hydrogens is 238 g/mol. The van der Waals surface area contributed by atoms with Gasteiger partial charge in [0.15, 0.2) is 0 Å². The van der Waals surface area contributed by atoms with Crippen LogP contribution in [-0.4, -0.2) is 42.9 Å². The predicted molar refractivity (Wildman–Crippen MR) is 75.1 cm³/mol. The van der Waals surface area contributed by atoms with Crippen LogP contribution in [0, 0.1) is 5.92 Å². The Kier molecular flexibility index (Phi) is 3.87. The van der Waals surface area contributed by atoms with Gasteiger partial charge >= 0.3 is 0 Å². The summed E-state index contributed by atoms with van der Waals surface area (Å²) in [5.41, 5.74) is 2.42. The van der Waals surface area contributed by atoms with E-state index < -0.39 is 0 Å². The Labute approximate surface area is 115 Å². The van der Waals surface area contributed by atoms with Gasteiger partial charge in [-0.25, -0.2) is 0 Å². The minimum absolute atomic E-state index is 0.236. The van der Waals surface area contributed by atoms with Gasteiger partial charge in [0.2, 0.25) is 0 Å². The minimum Gasteiger partial charge on any atom is -0.387 e. The first kappa shape index (κ1) is 13.1. The third-order valence-electron chi connectivity index (χ3n) is 4.62. The van der Waals surface area contributed by atoms with Gasteiger partial charge in [-0.3, -0.25) is 4.90 Å². The zero-order chi connectivity index (χ0) is 13.2. The summed E-state index contributed by atoms with van der Waals surface area (Å²) in [7, 11) is 2.15. The number of nitrogens with zero attached hydrogens (tertiary/aromatic N) is 1. The topological polar surface area (TPSA) is 32.7 Å². The highest BCUT2D eigenvalue weighted by Crippen LogP contribution is 2.34. The van der Waals surface area contributed by atoms with Crippen LogP contribution in [-0.2, 0) is 11.2 Å². The molecule has 0 spiro atoms. The van der Waals surface area contributed by atoms with Crippen molar-refractivity contribution in [2.24, 2.45) is 5.92 Å². The highest BCUT2D eigenvalue weighted by atomic mass is 16.5. The van der Waals surface area contributed by atoms with Crippen molar-refractivity contribution in [3.63, 3.8) is 0 Å². The summed E-state index contributed by atoms with van der Waals surface area (Å²) in [6.07, 6.45) is 2.94. The second kappa shape index (κ2) is 5.61. The molecule has 0 radical (unpaired) electrons. The summed E-state index contributed by atoms with van der Waals surface area (Å²) in [6, 6.07) is 8.51. The summed E-state index contributed by atoms with van der Waals surface area (Å²) in [5, 5.41) is 10.5. The number of likely N-dealkylation sites (N-methyl/N-ethyl adjacent to an activating group) is 1. The van der Waals surface area contributed by atoms with Crippen LogP contribution in [0.3, 0.4) is 0 Å². The minimum atomic E-state index is -0.332. The Morgan fingerprint density at radius 3 is 2.74 bits per heavy atom. The summed E-state index contributed by atoms with van der Waals surface area (Å²) in [4.78, 5) is 2.35. The highest BCUT2D eigenvalue weighted by Gasteiger charge is 2.34. The van der Waals surface area contributed by atoms with Gasteiger partial charge < -0.3 is 9.84 Å². The second-order valence-corrected chi connectivity index (χ2v) is 5.91. The van der Waals surface area contributed by atoms with E-state index in [2.05, 4.69) is 30.1 Å². The predicted octanol–water partition coefficient (Wildman–Crippen LogP) is 2.00. The average molecular weight is 261 g/mol. The van der Waals surface area contributed by atoms with E-state index >= 15 is 0 Å². The molecular formula is C16H23NO2. The molecule has 1 saturated heterocycles.